The summed E-state index contributed by atoms with van der Waals surface area (Å²) in [4.78, 5) is 36.3. The highest BCUT2D eigenvalue weighted by atomic mass is 16.7. The summed E-state index contributed by atoms with van der Waals surface area (Å²) in [6, 6.07) is 8.61. The third-order valence-electron chi connectivity index (χ3n) is 5.25. The molecule has 5 heterocycles. The molecular formula is C21H13N5O4. The van der Waals surface area contributed by atoms with Crippen molar-refractivity contribution in [1.29, 1.82) is 0 Å². The Hall–Kier alpha value is -4.27. The Bertz CT molecular complexity index is 1380. The molecule has 2 aliphatic rings. The third kappa shape index (κ3) is 2.14. The molecule has 4 aromatic rings. The minimum absolute atomic E-state index is 0.107. The van der Waals surface area contributed by atoms with E-state index in [0.29, 0.717) is 33.9 Å². The van der Waals surface area contributed by atoms with Crippen molar-refractivity contribution in [3.05, 3.63) is 60.0 Å². The molecular weight excluding hydrogens is 386 g/mol. The number of benzene rings is 1. The molecule has 2 amide bonds. The van der Waals surface area contributed by atoms with E-state index in [1.807, 2.05) is 6.07 Å². The van der Waals surface area contributed by atoms with Crippen LogP contribution in [0.15, 0.2) is 48.9 Å². The van der Waals surface area contributed by atoms with Gasteiger partial charge in [0.15, 0.2) is 17.1 Å². The summed E-state index contributed by atoms with van der Waals surface area (Å²) in [5.74, 6) is 0.193. The van der Waals surface area contributed by atoms with E-state index in [4.69, 9.17) is 9.47 Å². The Morgan fingerprint density at radius 1 is 1.03 bits per heavy atom. The summed E-state index contributed by atoms with van der Waals surface area (Å²) in [5.41, 5.74) is 2.74. The number of hydrogen-bond acceptors (Lipinski definition) is 7. The second-order valence-electron chi connectivity index (χ2n) is 6.94. The summed E-state index contributed by atoms with van der Waals surface area (Å²) in [6.07, 6.45) is 4.75. The molecule has 2 aliphatic heterocycles. The number of amides is 2. The van der Waals surface area contributed by atoms with Gasteiger partial charge in [0.2, 0.25) is 6.79 Å². The van der Waals surface area contributed by atoms with Crippen LogP contribution < -0.4 is 14.4 Å². The van der Waals surface area contributed by atoms with Crippen LogP contribution in [0, 0.1) is 0 Å². The second-order valence-corrected chi connectivity index (χ2v) is 6.94. The Kier molecular flexibility index (Phi) is 3.26. The van der Waals surface area contributed by atoms with Crippen LogP contribution in [0.1, 0.15) is 20.7 Å². The van der Waals surface area contributed by atoms with Crippen LogP contribution >= 0.6 is 0 Å². The summed E-state index contributed by atoms with van der Waals surface area (Å²) in [5, 5.41) is 5.07. The van der Waals surface area contributed by atoms with Crippen molar-refractivity contribution < 1.29 is 19.1 Å². The van der Waals surface area contributed by atoms with E-state index >= 15 is 0 Å². The zero-order valence-electron chi connectivity index (χ0n) is 15.7. The molecule has 0 atom stereocenters. The van der Waals surface area contributed by atoms with E-state index in [0.717, 1.165) is 10.5 Å². The van der Waals surface area contributed by atoms with Crippen molar-refractivity contribution in [1.82, 2.24) is 19.7 Å². The lowest BCUT2D eigenvalue weighted by Gasteiger charge is -2.14. The van der Waals surface area contributed by atoms with Crippen LogP contribution in [0.25, 0.3) is 22.3 Å². The maximum Gasteiger partial charge on any atom is 0.267 e. The van der Waals surface area contributed by atoms with Gasteiger partial charge in [-0.25, -0.2) is 14.6 Å². The molecule has 30 heavy (non-hydrogen) atoms. The highest BCUT2D eigenvalue weighted by Gasteiger charge is 2.40. The van der Waals surface area contributed by atoms with Gasteiger partial charge in [-0.1, -0.05) is 0 Å². The highest BCUT2D eigenvalue weighted by Crippen LogP contribution is 2.40. The Morgan fingerprint density at radius 3 is 2.73 bits per heavy atom. The number of aryl methyl sites for hydroxylation is 1. The zero-order chi connectivity index (χ0) is 20.4. The number of pyridine rings is 2. The lowest BCUT2D eigenvalue weighted by molar-refractivity contribution is 0.0926. The van der Waals surface area contributed by atoms with Crippen molar-refractivity contribution in [2.75, 3.05) is 11.7 Å². The van der Waals surface area contributed by atoms with Crippen molar-refractivity contribution >= 4 is 28.5 Å². The number of imide groups is 1. The van der Waals surface area contributed by atoms with Crippen molar-refractivity contribution in [2.45, 2.75) is 0 Å². The standard InChI is InChI=1S/C21H13N5O4/c1-25-19-17(18(24-25)11-3-2-6-22-8-11)16-13(9-23-19)20(27)26(21(16)28)12-4-5-14-15(7-12)30-10-29-14/h2-9H,10H2,1H3. The maximum absolute atomic E-state index is 13.5. The Balaban J connectivity index is 1.57. The fraction of sp³-hybridized carbons (Fsp3) is 0.0952. The van der Waals surface area contributed by atoms with Gasteiger partial charge in [-0.2, -0.15) is 5.10 Å². The molecule has 6 rings (SSSR count). The third-order valence-corrected chi connectivity index (χ3v) is 5.25. The maximum atomic E-state index is 13.5. The summed E-state index contributed by atoms with van der Waals surface area (Å²) in [6.45, 7) is 0.107. The van der Waals surface area contributed by atoms with E-state index in [1.165, 1.54) is 6.20 Å². The lowest BCUT2D eigenvalue weighted by Crippen LogP contribution is -2.29. The van der Waals surface area contributed by atoms with Crippen LogP contribution in [0.3, 0.4) is 0 Å². The molecule has 0 radical (unpaired) electrons. The monoisotopic (exact) mass is 399 g/mol. The molecule has 0 N–H and O–H groups in total. The predicted molar refractivity (Wildman–Crippen MR) is 105 cm³/mol. The molecule has 0 fully saturated rings. The number of carbonyl (C=O) groups excluding carboxylic acids is 2. The summed E-state index contributed by atoms with van der Waals surface area (Å²) < 4.78 is 12.3. The van der Waals surface area contributed by atoms with Gasteiger partial charge in [-0.05, 0) is 24.3 Å². The van der Waals surface area contributed by atoms with E-state index < -0.39 is 11.8 Å². The Morgan fingerprint density at radius 2 is 1.90 bits per heavy atom. The molecule has 9 nitrogen and oxygen atoms in total. The number of rotatable bonds is 2. The van der Waals surface area contributed by atoms with Gasteiger partial charge >= 0.3 is 0 Å². The predicted octanol–water partition coefficient (Wildman–Crippen LogP) is 2.56. The van der Waals surface area contributed by atoms with E-state index in [2.05, 4.69) is 15.1 Å². The normalized spacial score (nSPS) is 14.6. The molecule has 0 aliphatic carbocycles. The molecule has 9 heteroatoms. The fourth-order valence-electron chi connectivity index (χ4n) is 3.89. The van der Waals surface area contributed by atoms with Crippen LogP contribution in [0.4, 0.5) is 5.69 Å². The lowest BCUT2D eigenvalue weighted by atomic mass is 10.0. The van der Waals surface area contributed by atoms with Gasteiger partial charge in [0, 0.05) is 37.3 Å². The summed E-state index contributed by atoms with van der Waals surface area (Å²) >= 11 is 0. The zero-order valence-corrected chi connectivity index (χ0v) is 15.7. The quantitative estimate of drug-likeness (QED) is 0.478. The largest absolute Gasteiger partial charge is 0.454 e. The number of aromatic nitrogens is 4. The van der Waals surface area contributed by atoms with Crippen molar-refractivity contribution in [3.63, 3.8) is 0 Å². The second kappa shape index (κ2) is 5.86. The minimum Gasteiger partial charge on any atom is -0.454 e. The van der Waals surface area contributed by atoms with Gasteiger partial charge < -0.3 is 9.47 Å². The SMILES string of the molecule is Cn1nc(-c2cccnc2)c2c3c(cnc21)C(=O)N(c1ccc2c(c1)OCO2)C3=O. The molecule has 0 bridgehead atoms. The Labute approximate surface area is 169 Å². The van der Waals surface area contributed by atoms with Gasteiger partial charge in [0.05, 0.1) is 22.2 Å². The average molecular weight is 399 g/mol. The smallest absolute Gasteiger partial charge is 0.267 e. The first kappa shape index (κ1) is 16.7. The molecule has 0 saturated carbocycles. The first-order valence-corrected chi connectivity index (χ1v) is 9.18. The summed E-state index contributed by atoms with van der Waals surface area (Å²) in [7, 11) is 1.75. The minimum atomic E-state index is -0.441. The van der Waals surface area contributed by atoms with Gasteiger partial charge in [-0.3, -0.25) is 14.6 Å². The van der Waals surface area contributed by atoms with Gasteiger partial charge in [0.1, 0.15) is 5.69 Å². The number of anilines is 1. The molecule has 0 saturated heterocycles. The molecule has 3 aromatic heterocycles. The highest BCUT2D eigenvalue weighted by molar-refractivity contribution is 6.38. The fourth-order valence-corrected chi connectivity index (χ4v) is 3.89. The van der Waals surface area contributed by atoms with Crippen LogP contribution in [0.5, 0.6) is 11.5 Å². The van der Waals surface area contributed by atoms with Crippen LogP contribution in [-0.2, 0) is 7.05 Å². The molecule has 0 unspecified atom stereocenters. The van der Waals surface area contributed by atoms with Crippen LogP contribution in [-0.4, -0.2) is 38.4 Å². The number of carbonyl (C=O) groups is 2. The van der Waals surface area contributed by atoms with Gasteiger partial charge in [-0.15, -0.1) is 0 Å². The molecule has 0 spiro atoms. The topological polar surface area (TPSA) is 99.4 Å². The van der Waals surface area contributed by atoms with Crippen molar-refractivity contribution in [3.8, 4) is 22.8 Å². The number of fused-ring (bicyclic) bond motifs is 4. The van der Waals surface area contributed by atoms with Gasteiger partial charge in [0.25, 0.3) is 11.8 Å². The van der Waals surface area contributed by atoms with Crippen LogP contribution in [0.2, 0.25) is 0 Å². The molecule has 146 valence electrons. The average Bonchev–Trinajstić information content (AvgIpc) is 3.44. The first-order chi connectivity index (χ1) is 14.6. The van der Waals surface area contributed by atoms with E-state index in [-0.39, 0.29) is 17.9 Å². The van der Waals surface area contributed by atoms with E-state index in [1.54, 1.807) is 48.4 Å². The molecule has 1 aromatic carbocycles. The first-order valence-electron chi connectivity index (χ1n) is 9.18. The number of ether oxygens (including phenoxy) is 2. The number of hydrogen-bond donors (Lipinski definition) is 0. The van der Waals surface area contributed by atoms with Crippen molar-refractivity contribution in [2.24, 2.45) is 7.05 Å². The van der Waals surface area contributed by atoms with E-state index in [9.17, 15) is 9.59 Å². The number of nitrogens with zero attached hydrogens (tertiary/aromatic N) is 5.